The summed E-state index contributed by atoms with van der Waals surface area (Å²) in [7, 11) is 0. The van der Waals surface area contributed by atoms with E-state index in [4.69, 9.17) is 4.74 Å². The molecule has 0 spiro atoms. The molecule has 0 fully saturated rings. The van der Waals surface area contributed by atoms with Crippen LogP contribution in [0.25, 0.3) is 0 Å². The number of ether oxygens (including phenoxy) is 1. The quantitative estimate of drug-likeness (QED) is 0.351. The maximum atomic E-state index is 5.63. The van der Waals surface area contributed by atoms with Crippen LogP contribution in [0.3, 0.4) is 0 Å². The molecule has 0 heterocycles. The SMILES string of the molecule is CCCCC=CCCCCC(CC)OCC. The van der Waals surface area contributed by atoms with Gasteiger partial charge < -0.3 is 4.74 Å². The van der Waals surface area contributed by atoms with Gasteiger partial charge >= 0.3 is 0 Å². The molecule has 1 unspecified atom stereocenters. The van der Waals surface area contributed by atoms with E-state index in [1.165, 1.54) is 44.9 Å². The van der Waals surface area contributed by atoms with Gasteiger partial charge in [0, 0.05) is 6.61 Å². The molecule has 0 aromatic carbocycles. The van der Waals surface area contributed by atoms with Gasteiger partial charge in [-0.1, -0.05) is 45.3 Å². The first-order chi connectivity index (χ1) is 7.85. The first-order valence-electron chi connectivity index (χ1n) is 7.11. The van der Waals surface area contributed by atoms with E-state index < -0.39 is 0 Å². The van der Waals surface area contributed by atoms with Crippen molar-refractivity contribution in [1.29, 1.82) is 0 Å². The minimum absolute atomic E-state index is 0.495. The largest absolute Gasteiger partial charge is 0.379 e. The van der Waals surface area contributed by atoms with E-state index in [-0.39, 0.29) is 0 Å². The second kappa shape index (κ2) is 12.8. The molecular weight excluding hydrogens is 196 g/mol. The number of unbranched alkanes of at least 4 members (excludes halogenated alkanes) is 4. The lowest BCUT2D eigenvalue weighted by molar-refractivity contribution is 0.0525. The van der Waals surface area contributed by atoms with Crippen molar-refractivity contribution < 1.29 is 4.74 Å². The molecule has 1 heteroatoms. The molecule has 0 aliphatic heterocycles. The Labute approximate surface area is 102 Å². The second-order valence-corrected chi connectivity index (χ2v) is 4.38. The van der Waals surface area contributed by atoms with Gasteiger partial charge in [-0.15, -0.1) is 0 Å². The van der Waals surface area contributed by atoms with Crippen molar-refractivity contribution in [2.24, 2.45) is 0 Å². The van der Waals surface area contributed by atoms with Crippen molar-refractivity contribution in [2.45, 2.75) is 78.2 Å². The van der Waals surface area contributed by atoms with Crippen LogP contribution in [0.15, 0.2) is 12.2 Å². The van der Waals surface area contributed by atoms with Crippen molar-refractivity contribution in [3.8, 4) is 0 Å². The fourth-order valence-corrected chi connectivity index (χ4v) is 1.83. The minimum atomic E-state index is 0.495. The predicted octanol–water partition coefficient (Wildman–Crippen LogP) is 5.11. The third-order valence-electron chi connectivity index (χ3n) is 2.90. The molecule has 1 nitrogen and oxygen atoms in total. The molecule has 0 amide bonds. The standard InChI is InChI=1S/C15H30O/c1-4-7-8-9-10-11-12-13-14-15(5-2)16-6-3/h9-10,15H,4-8,11-14H2,1-3H3. The number of allylic oxidation sites excluding steroid dienone is 2. The summed E-state index contributed by atoms with van der Waals surface area (Å²) in [6, 6.07) is 0. The Balaban J connectivity index is 3.27. The van der Waals surface area contributed by atoms with E-state index >= 15 is 0 Å². The molecule has 0 aromatic heterocycles. The lowest BCUT2D eigenvalue weighted by Gasteiger charge is -2.13. The fourth-order valence-electron chi connectivity index (χ4n) is 1.83. The molecule has 0 aliphatic carbocycles. The fraction of sp³-hybridized carbons (Fsp3) is 0.867. The molecule has 1 atom stereocenters. The summed E-state index contributed by atoms with van der Waals surface area (Å²) < 4.78 is 5.63. The van der Waals surface area contributed by atoms with Gasteiger partial charge in [0.25, 0.3) is 0 Å². The molecule has 0 aromatic rings. The highest BCUT2D eigenvalue weighted by molar-refractivity contribution is 4.81. The van der Waals surface area contributed by atoms with E-state index in [2.05, 4.69) is 32.9 Å². The third kappa shape index (κ3) is 10.2. The van der Waals surface area contributed by atoms with Crippen LogP contribution in [-0.2, 0) is 4.74 Å². The summed E-state index contributed by atoms with van der Waals surface area (Å²) >= 11 is 0. The molecule has 0 saturated carbocycles. The Bertz CT molecular complexity index is 152. The van der Waals surface area contributed by atoms with Crippen molar-refractivity contribution in [3.63, 3.8) is 0 Å². The lowest BCUT2D eigenvalue weighted by atomic mass is 10.1. The van der Waals surface area contributed by atoms with Crippen LogP contribution >= 0.6 is 0 Å². The van der Waals surface area contributed by atoms with E-state index in [0.717, 1.165) is 13.0 Å². The average Bonchev–Trinajstić information content (AvgIpc) is 2.31. The molecule has 96 valence electrons. The normalized spacial score (nSPS) is 13.4. The summed E-state index contributed by atoms with van der Waals surface area (Å²) in [5, 5.41) is 0. The first-order valence-corrected chi connectivity index (χ1v) is 7.11. The zero-order valence-electron chi connectivity index (χ0n) is 11.5. The van der Waals surface area contributed by atoms with Gasteiger partial charge in [0.15, 0.2) is 0 Å². The Morgan fingerprint density at radius 3 is 2.19 bits per heavy atom. The maximum absolute atomic E-state index is 5.63. The average molecular weight is 226 g/mol. The van der Waals surface area contributed by atoms with Crippen LogP contribution in [0.4, 0.5) is 0 Å². The highest BCUT2D eigenvalue weighted by Crippen LogP contribution is 2.10. The smallest absolute Gasteiger partial charge is 0.0572 e. The zero-order chi connectivity index (χ0) is 12.1. The van der Waals surface area contributed by atoms with Gasteiger partial charge in [0.1, 0.15) is 0 Å². The van der Waals surface area contributed by atoms with Gasteiger partial charge in [-0.25, -0.2) is 0 Å². The number of hydrogen-bond donors (Lipinski definition) is 0. The van der Waals surface area contributed by atoms with Gasteiger partial charge in [0.05, 0.1) is 6.10 Å². The van der Waals surface area contributed by atoms with Crippen LogP contribution in [0.1, 0.15) is 72.1 Å². The van der Waals surface area contributed by atoms with Crippen LogP contribution in [-0.4, -0.2) is 12.7 Å². The van der Waals surface area contributed by atoms with Gasteiger partial charge in [-0.2, -0.15) is 0 Å². The van der Waals surface area contributed by atoms with E-state index in [1.807, 2.05) is 0 Å². The van der Waals surface area contributed by atoms with Crippen molar-refractivity contribution >= 4 is 0 Å². The first kappa shape index (κ1) is 15.7. The molecule has 0 aliphatic rings. The van der Waals surface area contributed by atoms with Crippen molar-refractivity contribution in [1.82, 2.24) is 0 Å². The van der Waals surface area contributed by atoms with Crippen LogP contribution in [0.5, 0.6) is 0 Å². The molecular formula is C15H30O. The van der Waals surface area contributed by atoms with E-state index in [0.29, 0.717) is 6.10 Å². The van der Waals surface area contributed by atoms with Gasteiger partial charge in [0.2, 0.25) is 0 Å². The predicted molar refractivity (Wildman–Crippen MR) is 72.8 cm³/mol. The van der Waals surface area contributed by atoms with E-state index in [9.17, 15) is 0 Å². The van der Waals surface area contributed by atoms with Gasteiger partial charge in [-0.05, 0) is 39.0 Å². The summed E-state index contributed by atoms with van der Waals surface area (Å²) in [6.45, 7) is 7.39. The van der Waals surface area contributed by atoms with Crippen LogP contribution < -0.4 is 0 Å². The Morgan fingerprint density at radius 2 is 1.62 bits per heavy atom. The lowest BCUT2D eigenvalue weighted by Crippen LogP contribution is -2.11. The topological polar surface area (TPSA) is 9.23 Å². The monoisotopic (exact) mass is 226 g/mol. The van der Waals surface area contributed by atoms with Gasteiger partial charge in [-0.3, -0.25) is 0 Å². The molecule has 0 rings (SSSR count). The molecule has 16 heavy (non-hydrogen) atoms. The molecule has 0 N–H and O–H groups in total. The highest BCUT2D eigenvalue weighted by atomic mass is 16.5. The third-order valence-corrected chi connectivity index (χ3v) is 2.90. The molecule has 0 bridgehead atoms. The van der Waals surface area contributed by atoms with Crippen LogP contribution in [0.2, 0.25) is 0 Å². The van der Waals surface area contributed by atoms with Crippen molar-refractivity contribution in [2.75, 3.05) is 6.61 Å². The Morgan fingerprint density at radius 1 is 0.938 bits per heavy atom. The highest BCUT2D eigenvalue weighted by Gasteiger charge is 2.03. The Kier molecular flexibility index (Phi) is 12.5. The summed E-state index contributed by atoms with van der Waals surface area (Å²) in [5.41, 5.74) is 0. The van der Waals surface area contributed by atoms with Crippen LogP contribution in [0, 0.1) is 0 Å². The minimum Gasteiger partial charge on any atom is -0.379 e. The maximum Gasteiger partial charge on any atom is 0.0572 e. The molecule has 0 radical (unpaired) electrons. The van der Waals surface area contributed by atoms with E-state index in [1.54, 1.807) is 0 Å². The summed E-state index contributed by atoms with van der Waals surface area (Å²) in [4.78, 5) is 0. The van der Waals surface area contributed by atoms with Crippen molar-refractivity contribution in [3.05, 3.63) is 12.2 Å². The summed E-state index contributed by atoms with van der Waals surface area (Å²) in [6.07, 6.45) is 15.3. The zero-order valence-corrected chi connectivity index (χ0v) is 11.5. The number of hydrogen-bond acceptors (Lipinski definition) is 1. The number of rotatable bonds is 11. The Hall–Kier alpha value is -0.300. The summed E-state index contributed by atoms with van der Waals surface area (Å²) in [5.74, 6) is 0. The molecule has 0 saturated heterocycles. The second-order valence-electron chi connectivity index (χ2n) is 4.38.